The number of ether oxygens (including phenoxy) is 2. The highest BCUT2D eigenvalue weighted by molar-refractivity contribution is 5.70. The van der Waals surface area contributed by atoms with Crippen molar-refractivity contribution < 1.29 is 24.2 Å². The lowest BCUT2D eigenvalue weighted by Crippen LogP contribution is -2.28. The number of aliphatic hydroxyl groups excluding tert-OH is 1. The predicted octanol–water partition coefficient (Wildman–Crippen LogP) is 23.8. The smallest absolute Gasteiger partial charge is 0.306 e. The van der Waals surface area contributed by atoms with Crippen LogP contribution in [-0.4, -0.2) is 36.4 Å². The number of esters is 2. The summed E-state index contributed by atoms with van der Waals surface area (Å²) in [6, 6.07) is 0. The molecule has 80 heavy (non-hydrogen) atoms. The monoisotopic (exact) mass is 1110 g/mol. The lowest BCUT2D eigenvalue weighted by atomic mass is 10.0. The minimum Gasteiger partial charge on any atom is -0.462 e. The fourth-order valence-electron chi connectivity index (χ4n) is 9.66. The number of rotatable bonds is 62. The molecule has 0 heterocycles. The number of unbranched alkanes of at least 4 members (excludes halogenated alkanes) is 34. The van der Waals surface area contributed by atoms with Crippen LogP contribution in [-0.2, 0) is 19.1 Å². The molecule has 0 aliphatic heterocycles. The Morgan fingerprint density at radius 1 is 0.300 bits per heavy atom. The lowest BCUT2D eigenvalue weighted by Gasteiger charge is -2.15. The van der Waals surface area contributed by atoms with Gasteiger partial charge in [-0.05, 0) is 109 Å². The molecule has 0 aromatic heterocycles. The molecule has 0 rings (SSSR count). The van der Waals surface area contributed by atoms with Crippen molar-refractivity contribution in [2.75, 3.05) is 13.2 Å². The standard InChI is InChI=1S/C75H128O5/c1-3-5-7-9-11-13-15-17-19-21-23-25-27-29-31-33-35-36-37-38-40-41-43-45-47-49-51-53-55-57-59-61-63-65-67-69-74(77)79-72-73(71-76)80-75(78)70-68-66-64-62-60-58-56-54-52-50-48-46-44-42-39-34-32-30-28-26-24-22-20-18-16-14-12-10-8-6-4-2/h6,8,12,14,18,20-21,23-24,26,30,32,39,42,46,48,52,54,58,60,73,76H,3-5,7,9-11,13,15-17,19,22,25,27-29,31,33-38,40-41,43-45,47,49-51,53,55-57,59,61-72H2,1-2H3/b8-6-,14-12-,20-18-,23-21-,26-24-,32-30-,42-39-,48-46-,54-52-,60-58-. The topological polar surface area (TPSA) is 72.8 Å². The number of hydrogen-bond acceptors (Lipinski definition) is 5. The average Bonchev–Trinajstić information content (AvgIpc) is 3.46. The number of carbonyl (C=O) groups excluding carboxylic acids is 2. The molecule has 0 spiro atoms. The van der Waals surface area contributed by atoms with Crippen LogP contribution in [0.1, 0.15) is 322 Å². The van der Waals surface area contributed by atoms with Gasteiger partial charge in [-0.25, -0.2) is 0 Å². The van der Waals surface area contributed by atoms with Gasteiger partial charge >= 0.3 is 11.9 Å². The molecule has 0 aromatic carbocycles. The second kappa shape index (κ2) is 69.6. The van der Waals surface area contributed by atoms with Crippen molar-refractivity contribution in [2.45, 2.75) is 328 Å². The van der Waals surface area contributed by atoms with Gasteiger partial charge in [-0.15, -0.1) is 0 Å². The molecule has 1 N–H and O–H groups in total. The lowest BCUT2D eigenvalue weighted by molar-refractivity contribution is -0.161. The molecule has 0 aliphatic carbocycles. The molecule has 1 unspecified atom stereocenters. The van der Waals surface area contributed by atoms with Gasteiger partial charge in [-0.3, -0.25) is 9.59 Å². The zero-order valence-corrected chi connectivity index (χ0v) is 52.6. The minimum atomic E-state index is -0.799. The molecule has 5 heteroatoms. The Morgan fingerprint density at radius 3 is 0.838 bits per heavy atom. The first-order valence-corrected chi connectivity index (χ1v) is 34.1. The van der Waals surface area contributed by atoms with E-state index in [1.807, 2.05) is 0 Å². The van der Waals surface area contributed by atoms with Crippen molar-refractivity contribution in [3.63, 3.8) is 0 Å². The first-order chi connectivity index (χ1) is 39.6. The molecule has 0 aliphatic rings. The van der Waals surface area contributed by atoms with Crippen molar-refractivity contribution in [1.82, 2.24) is 0 Å². The van der Waals surface area contributed by atoms with Crippen LogP contribution >= 0.6 is 0 Å². The Morgan fingerprint density at radius 2 is 0.537 bits per heavy atom. The number of hydrogen-bond donors (Lipinski definition) is 1. The fraction of sp³-hybridized carbons (Fsp3) is 0.707. The maximum atomic E-state index is 12.3. The molecule has 0 fully saturated rings. The highest BCUT2D eigenvalue weighted by Crippen LogP contribution is 2.17. The van der Waals surface area contributed by atoms with E-state index in [2.05, 4.69) is 135 Å². The highest BCUT2D eigenvalue weighted by atomic mass is 16.6. The highest BCUT2D eigenvalue weighted by Gasteiger charge is 2.16. The van der Waals surface area contributed by atoms with Gasteiger partial charge in [0, 0.05) is 12.8 Å². The normalized spacial score (nSPS) is 13.0. The number of aliphatic hydroxyl groups is 1. The zero-order valence-electron chi connectivity index (χ0n) is 52.6. The first kappa shape index (κ1) is 76.3. The Bertz CT molecular complexity index is 1590. The van der Waals surface area contributed by atoms with Crippen LogP contribution in [0.3, 0.4) is 0 Å². The Kier molecular flexibility index (Phi) is 66.4. The zero-order chi connectivity index (χ0) is 57.6. The summed E-state index contributed by atoms with van der Waals surface area (Å²) in [5.41, 5.74) is 0. The van der Waals surface area contributed by atoms with Crippen LogP contribution in [0.25, 0.3) is 0 Å². The molecule has 0 bridgehead atoms. The van der Waals surface area contributed by atoms with Crippen LogP contribution in [0, 0.1) is 0 Å². The van der Waals surface area contributed by atoms with Gasteiger partial charge in [0.2, 0.25) is 0 Å². The molecule has 0 radical (unpaired) electrons. The molecule has 0 amide bonds. The van der Waals surface area contributed by atoms with Crippen LogP contribution in [0.15, 0.2) is 122 Å². The molecular weight excluding hydrogens is 981 g/mol. The van der Waals surface area contributed by atoms with Gasteiger partial charge in [0.15, 0.2) is 6.10 Å². The fourth-order valence-corrected chi connectivity index (χ4v) is 9.66. The largest absolute Gasteiger partial charge is 0.462 e. The van der Waals surface area contributed by atoms with E-state index >= 15 is 0 Å². The van der Waals surface area contributed by atoms with Gasteiger partial charge in [0.25, 0.3) is 0 Å². The Hall–Kier alpha value is -3.70. The molecule has 0 aromatic rings. The molecule has 458 valence electrons. The third-order valence-electron chi connectivity index (χ3n) is 14.7. The van der Waals surface area contributed by atoms with Crippen molar-refractivity contribution in [1.29, 1.82) is 0 Å². The van der Waals surface area contributed by atoms with E-state index in [1.54, 1.807) is 0 Å². The summed E-state index contributed by atoms with van der Waals surface area (Å²) >= 11 is 0. The summed E-state index contributed by atoms with van der Waals surface area (Å²) in [5, 5.41) is 9.69. The van der Waals surface area contributed by atoms with Gasteiger partial charge in [-0.1, -0.05) is 322 Å². The quantitative estimate of drug-likeness (QED) is 0.0373. The summed E-state index contributed by atoms with van der Waals surface area (Å²) in [4.78, 5) is 24.6. The van der Waals surface area contributed by atoms with E-state index < -0.39 is 6.10 Å². The maximum Gasteiger partial charge on any atom is 0.306 e. The van der Waals surface area contributed by atoms with Crippen molar-refractivity contribution in [3.05, 3.63) is 122 Å². The summed E-state index contributed by atoms with van der Waals surface area (Å²) in [7, 11) is 0. The number of carbonyl (C=O) groups is 2. The van der Waals surface area contributed by atoms with E-state index in [0.29, 0.717) is 12.8 Å². The van der Waals surface area contributed by atoms with E-state index in [0.717, 1.165) is 103 Å². The van der Waals surface area contributed by atoms with Crippen molar-refractivity contribution in [2.24, 2.45) is 0 Å². The Balaban J connectivity index is 3.53. The third-order valence-corrected chi connectivity index (χ3v) is 14.7. The first-order valence-electron chi connectivity index (χ1n) is 34.1. The summed E-state index contributed by atoms with van der Waals surface area (Å²) < 4.78 is 10.7. The molecular formula is C75H128O5. The summed E-state index contributed by atoms with van der Waals surface area (Å²) in [6.45, 7) is 4.02. The average molecular weight is 1110 g/mol. The maximum absolute atomic E-state index is 12.3. The molecule has 1 atom stereocenters. The van der Waals surface area contributed by atoms with Crippen LogP contribution in [0.2, 0.25) is 0 Å². The Labute approximate surface area is 496 Å². The predicted molar refractivity (Wildman–Crippen MR) is 352 cm³/mol. The van der Waals surface area contributed by atoms with E-state index in [9.17, 15) is 14.7 Å². The molecule has 5 nitrogen and oxygen atoms in total. The minimum absolute atomic E-state index is 0.0839. The SMILES string of the molecule is CC/C=C\C/C=C\C/C=C\C/C=C\C/C=C\C/C=C\C/C=C\C/C=C\C/C=C\CCCCCC(=O)OC(CO)COC(=O)CCCCCCCCCCCCCCCCCCCCCCCCC/C=C\CCCCCCCCCC. The second-order valence-electron chi connectivity index (χ2n) is 22.5. The van der Waals surface area contributed by atoms with Crippen molar-refractivity contribution in [3.8, 4) is 0 Å². The summed E-state index contributed by atoms with van der Waals surface area (Å²) in [6.07, 6.45) is 102. The van der Waals surface area contributed by atoms with E-state index in [4.69, 9.17) is 9.47 Å². The molecule has 0 saturated heterocycles. The van der Waals surface area contributed by atoms with E-state index in [1.165, 1.54) is 193 Å². The van der Waals surface area contributed by atoms with Gasteiger partial charge in [0.1, 0.15) is 6.61 Å². The van der Waals surface area contributed by atoms with Gasteiger partial charge in [0.05, 0.1) is 6.61 Å². The van der Waals surface area contributed by atoms with E-state index in [-0.39, 0.29) is 25.2 Å². The third kappa shape index (κ3) is 66.8. The van der Waals surface area contributed by atoms with Gasteiger partial charge < -0.3 is 14.6 Å². The van der Waals surface area contributed by atoms with Crippen LogP contribution in [0.4, 0.5) is 0 Å². The molecule has 0 saturated carbocycles. The van der Waals surface area contributed by atoms with Crippen LogP contribution < -0.4 is 0 Å². The van der Waals surface area contributed by atoms with Crippen molar-refractivity contribution >= 4 is 11.9 Å². The number of allylic oxidation sites excluding steroid dienone is 20. The summed E-state index contributed by atoms with van der Waals surface area (Å²) in [5.74, 6) is -0.625. The van der Waals surface area contributed by atoms with Crippen LogP contribution in [0.5, 0.6) is 0 Å². The van der Waals surface area contributed by atoms with Gasteiger partial charge in [-0.2, -0.15) is 0 Å². The second-order valence-corrected chi connectivity index (χ2v) is 22.5.